The molecule has 9 nitrogen and oxygen atoms in total. The van der Waals surface area contributed by atoms with E-state index in [2.05, 4.69) is 4.98 Å². The van der Waals surface area contributed by atoms with Crippen LogP contribution in [0, 0.1) is 23.4 Å². The van der Waals surface area contributed by atoms with Gasteiger partial charge in [0.1, 0.15) is 5.82 Å². The lowest BCUT2D eigenvalue weighted by atomic mass is 9.96. The number of primary amides is 1. The molecule has 15 heteroatoms. The topological polar surface area (TPSA) is 128 Å². The third-order valence-corrected chi connectivity index (χ3v) is 7.01. The molecule has 3 heterocycles. The Bertz CT molecular complexity index is 1290. The molecule has 0 spiro atoms. The summed E-state index contributed by atoms with van der Waals surface area (Å²) >= 11 is 0. The van der Waals surface area contributed by atoms with Gasteiger partial charge in [-0.2, -0.15) is 13.2 Å². The van der Waals surface area contributed by atoms with Crippen LogP contribution in [0.3, 0.4) is 0 Å². The highest BCUT2D eigenvalue weighted by Crippen LogP contribution is 2.33. The number of nitrogens with zero attached hydrogens (tertiary/aromatic N) is 4. The minimum absolute atomic E-state index is 0.0934. The van der Waals surface area contributed by atoms with Crippen molar-refractivity contribution in [1.29, 1.82) is 0 Å². The molecule has 0 aliphatic carbocycles. The SMILES string of the molecule is NC(=O)C1CCN(C(=O)c2nc(C(F)(F)F)n3c2CN(C(=O)CC(N)Cc2cc(F)c(F)cc2F)CC3)CC1. The van der Waals surface area contributed by atoms with Crippen molar-refractivity contribution in [1.82, 2.24) is 19.4 Å². The summed E-state index contributed by atoms with van der Waals surface area (Å²) in [7, 11) is 0. The van der Waals surface area contributed by atoms with E-state index in [1.165, 1.54) is 9.80 Å². The number of alkyl halides is 3. The summed E-state index contributed by atoms with van der Waals surface area (Å²) in [5, 5.41) is 0. The normalized spacial score (nSPS) is 17.2. The number of imidazole rings is 1. The molecule has 2 aliphatic rings. The molecule has 39 heavy (non-hydrogen) atoms. The summed E-state index contributed by atoms with van der Waals surface area (Å²) in [6, 6.07) is 0.0251. The first-order valence-electron chi connectivity index (χ1n) is 12.2. The summed E-state index contributed by atoms with van der Waals surface area (Å²) in [4.78, 5) is 43.6. The van der Waals surface area contributed by atoms with Crippen molar-refractivity contribution >= 4 is 17.7 Å². The quantitative estimate of drug-likeness (QED) is 0.413. The van der Waals surface area contributed by atoms with Gasteiger partial charge < -0.3 is 25.8 Å². The molecule has 3 amide bonds. The maximum atomic E-state index is 14.0. The highest BCUT2D eigenvalue weighted by Gasteiger charge is 2.42. The minimum Gasteiger partial charge on any atom is -0.369 e. The molecule has 2 aromatic rings. The number of fused-ring (bicyclic) bond motifs is 1. The number of nitrogens with two attached hydrogens (primary N) is 2. The molecule has 2 aliphatic heterocycles. The van der Waals surface area contributed by atoms with Crippen LogP contribution >= 0.6 is 0 Å². The third kappa shape index (κ3) is 6.02. The molecular formula is C24H26F6N6O3. The Labute approximate surface area is 218 Å². The molecule has 0 saturated carbocycles. The zero-order chi connectivity index (χ0) is 28.6. The first-order chi connectivity index (χ1) is 18.3. The van der Waals surface area contributed by atoms with E-state index >= 15 is 0 Å². The lowest BCUT2D eigenvalue weighted by Gasteiger charge is -2.32. The molecular weight excluding hydrogens is 534 g/mol. The van der Waals surface area contributed by atoms with E-state index in [1.807, 2.05) is 0 Å². The lowest BCUT2D eigenvalue weighted by Crippen LogP contribution is -2.44. The Hall–Kier alpha value is -3.62. The molecule has 212 valence electrons. The second kappa shape index (κ2) is 10.9. The third-order valence-electron chi connectivity index (χ3n) is 7.01. The summed E-state index contributed by atoms with van der Waals surface area (Å²) in [6.07, 6.45) is -4.96. The zero-order valence-corrected chi connectivity index (χ0v) is 20.6. The van der Waals surface area contributed by atoms with Crippen molar-refractivity contribution in [3.05, 3.63) is 52.4 Å². The van der Waals surface area contributed by atoms with Gasteiger partial charge in [-0.25, -0.2) is 18.2 Å². The van der Waals surface area contributed by atoms with E-state index < -0.39 is 64.8 Å². The Balaban J connectivity index is 1.50. The van der Waals surface area contributed by atoms with Gasteiger partial charge >= 0.3 is 6.18 Å². The molecule has 1 saturated heterocycles. The van der Waals surface area contributed by atoms with E-state index in [0.717, 1.165) is 4.57 Å². The zero-order valence-electron chi connectivity index (χ0n) is 20.6. The largest absolute Gasteiger partial charge is 0.449 e. The Morgan fingerprint density at radius 3 is 2.23 bits per heavy atom. The maximum absolute atomic E-state index is 14.0. The van der Waals surface area contributed by atoms with Gasteiger partial charge in [0.05, 0.1) is 12.2 Å². The smallest absolute Gasteiger partial charge is 0.369 e. The van der Waals surface area contributed by atoms with Crippen molar-refractivity contribution in [3.8, 4) is 0 Å². The van der Waals surface area contributed by atoms with Crippen LogP contribution in [0.25, 0.3) is 0 Å². The summed E-state index contributed by atoms with van der Waals surface area (Å²) in [5.41, 5.74) is 10.5. The molecule has 1 atom stereocenters. The number of aromatic nitrogens is 2. The van der Waals surface area contributed by atoms with E-state index in [9.17, 15) is 40.7 Å². The van der Waals surface area contributed by atoms with Crippen molar-refractivity contribution in [2.75, 3.05) is 19.6 Å². The van der Waals surface area contributed by atoms with E-state index in [0.29, 0.717) is 12.1 Å². The van der Waals surface area contributed by atoms with Crippen molar-refractivity contribution in [2.45, 2.75) is 51.0 Å². The van der Waals surface area contributed by atoms with Crippen LogP contribution in [0.15, 0.2) is 12.1 Å². The number of hydrogen-bond donors (Lipinski definition) is 2. The highest BCUT2D eigenvalue weighted by atomic mass is 19.4. The van der Waals surface area contributed by atoms with Gasteiger partial charge in [0, 0.05) is 50.6 Å². The Morgan fingerprint density at radius 1 is 0.974 bits per heavy atom. The number of halogens is 6. The van der Waals surface area contributed by atoms with Crippen molar-refractivity contribution < 1.29 is 40.7 Å². The monoisotopic (exact) mass is 560 g/mol. The molecule has 4 rings (SSSR count). The fourth-order valence-corrected chi connectivity index (χ4v) is 4.91. The van der Waals surface area contributed by atoms with Gasteiger partial charge in [-0.3, -0.25) is 14.4 Å². The van der Waals surface area contributed by atoms with Gasteiger partial charge in [-0.15, -0.1) is 0 Å². The van der Waals surface area contributed by atoms with Gasteiger partial charge in [0.2, 0.25) is 17.6 Å². The lowest BCUT2D eigenvalue weighted by molar-refractivity contribution is -0.148. The Morgan fingerprint density at radius 2 is 1.62 bits per heavy atom. The number of piperidine rings is 1. The fraction of sp³-hybridized carbons (Fsp3) is 0.500. The number of carbonyl (C=O) groups is 3. The first-order valence-corrected chi connectivity index (χ1v) is 12.2. The molecule has 0 bridgehead atoms. The predicted octanol–water partition coefficient (Wildman–Crippen LogP) is 1.96. The predicted molar refractivity (Wildman–Crippen MR) is 123 cm³/mol. The van der Waals surface area contributed by atoms with E-state index in [4.69, 9.17) is 11.5 Å². The second-order valence-corrected chi connectivity index (χ2v) is 9.69. The van der Waals surface area contributed by atoms with Crippen LogP contribution in [0.1, 0.15) is 46.8 Å². The van der Waals surface area contributed by atoms with Crippen molar-refractivity contribution in [3.63, 3.8) is 0 Å². The van der Waals surface area contributed by atoms with Crippen LogP contribution in [0.2, 0.25) is 0 Å². The molecule has 4 N–H and O–H groups in total. The van der Waals surface area contributed by atoms with E-state index in [1.54, 1.807) is 0 Å². The summed E-state index contributed by atoms with van der Waals surface area (Å²) < 4.78 is 82.6. The number of benzene rings is 1. The van der Waals surface area contributed by atoms with Gasteiger partial charge in [-0.1, -0.05) is 0 Å². The highest BCUT2D eigenvalue weighted by molar-refractivity contribution is 5.94. The van der Waals surface area contributed by atoms with Gasteiger partial charge in [0.15, 0.2) is 17.3 Å². The Kier molecular flexibility index (Phi) is 7.91. The van der Waals surface area contributed by atoms with Crippen LogP contribution in [0.4, 0.5) is 26.3 Å². The molecule has 1 fully saturated rings. The van der Waals surface area contributed by atoms with E-state index in [-0.39, 0.29) is 69.7 Å². The van der Waals surface area contributed by atoms with Gasteiger partial charge in [0.25, 0.3) is 5.91 Å². The van der Waals surface area contributed by atoms with Gasteiger partial charge in [-0.05, 0) is 30.9 Å². The average Bonchev–Trinajstić information content (AvgIpc) is 3.26. The minimum atomic E-state index is -4.85. The van der Waals surface area contributed by atoms with Crippen LogP contribution in [0.5, 0.6) is 0 Å². The first kappa shape index (κ1) is 28.4. The number of likely N-dealkylation sites (tertiary alicyclic amines) is 1. The summed E-state index contributed by atoms with van der Waals surface area (Å²) in [5.74, 6) is -7.21. The molecule has 1 aromatic carbocycles. The number of hydrogen-bond acceptors (Lipinski definition) is 5. The number of carbonyl (C=O) groups excluding carboxylic acids is 3. The van der Waals surface area contributed by atoms with Crippen molar-refractivity contribution in [2.24, 2.45) is 17.4 Å². The molecule has 1 unspecified atom stereocenters. The van der Waals surface area contributed by atoms with Crippen LogP contribution < -0.4 is 11.5 Å². The average molecular weight is 560 g/mol. The maximum Gasteiger partial charge on any atom is 0.449 e. The molecule has 1 aromatic heterocycles. The summed E-state index contributed by atoms with van der Waals surface area (Å²) in [6.45, 7) is -0.550. The fourth-order valence-electron chi connectivity index (χ4n) is 4.91. The molecule has 0 radical (unpaired) electrons. The second-order valence-electron chi connectivity index (χ2n) is 9.69. The van der Waals surface area contributed by atoms with Crippen LogP contribution in [-0.4, -0.2) is 62.7 Å². The standard InChI is InChI=1S/C24H26F6N6O3/c25-15-10-17(27)16(26)8-13(15)7-14(31)9-19(37)35-5-6-36-18(11-35)20(33-23(36)24(28,29)30)22(39)34-3-1-12(2-4-34)21(32)38/h8,10,12,14H,1-7,9,11,31H2,(H2,32,38). The number of rotatable bonds is 6. The van der Waals surface area contributed by atoms with Crippen LogP contribution in [-0.2, 0) is 35.3 Å². The number of amides is 3.